The Balaban J connectivity index is 1.32. The summed E-state index contributed by atoms with van der Waals surface area (Å²) in [7, 11) is 0. The van der Waals surface area contributed by atoms with E-state index in [0.29, 0.717) is 0 Å². The van der Waals surface area contributed by atoms with Crippen LogP contribution in [0.4, 0.5) is 0 Å². The fourth-order valence-corrected chi connectivity index (χ4v) is 10.3. The molecule has 0 atom stereocenters. The highest BCUT2D eigenvalue weighted by Crippen LogP contribution is 2.64. The molecule has 10 aromatic carbocycles. The lowest BCUT2D eigenvalue weighted by molar-refractivity contribution is 1.52. The summed E-state index contributed by atoms with van der Waals surface area (Å²) in [6.07, 6.45) is 0. The van der Waals surface area contributed by atoms with Crippen LogP contribution in [0.3, 0.4) is 0 Å². The molecule has 2 aliphatic carbocycles. The van der Waals surface area contributed by atoms with Crippen molar-refractivity contribution >= 4 is 49.4 Å². The first-order valence-electron chi connectivity index (χ1n) is 21.5. The zero-order chi connectivity index (χ0) is 41.0. The molecule has 0 heteroatoms. The van der Waals surface area contributed by atoms with Gasteiger partial charge in [-0.2, -0.15) is 0 Å². The van der Waals surface area contributed by atoms with Gasteiger partial charge in [0.1, 0.15) is 0 Å². The van der Waals surface area contributed by atoms with Crippen LogP contribution in [0.25, 0.3) is 82.8 Å². The molecular formula is C62H40. The molecule has 0 fully saturated rings. The van der Waals surface area contributed by atoms with Gasteiger partial charge in [-0.25, -0.2) is 0 Å². The highest BCUT2D eigenvalue weighted by molar-refractivity contribution is 6.42. The summed E-state index contributed by atoms with van der Waals surface area (Å²) >= 11 is 0. The van der Waals surface area contributed by atoms with E-state index in [2.05, 4.69) is 243 Å². The van der Waals surface area contributed by atoms with Crippen molar-refractivity contribution in [1.82, 2.24) is 0 Å². The maximum atomic E-state index is 2.51. The minimum absolute atomic E-state index is 1.20. The van der Waals surface area contributed by atoms with Crippen LogP contribution in [-0.4, -0.2) is 0 Å². The molecule has 0 saturated carbocycles. The standard InChI is InChI=1S/C62H40/c1-7-23-41(24-8-1)51-39-53-54(40-52(51)42-25-9-2-10-26-42)60-61(56(53)44-29-13-4-14-30-44)57(45-31-15-5-16-32-45)58(46-33-17-6-18-34-46)62(60)59-49-37-21-19-35-47(49)55(43-27-11-3-12-28-43)48-36-20-22-38-50(48)59/h1-40H. The quantitative estimate of drug-likeness (QED) is 0.141. The number of hydrogen-bond acceptors (Lipinski definition) is 0. The molecule has 62 heavy (non-hydrogen) atoms. The molecule has 0 bridgehead atoms. The Bertz CT molecular complexity index is 3370. The van der Waals surface area contributed by atoms with Crippen LogP contribution in [0, 0.1) is 0 Å². The third kappa shape index (κ3) is 5.69. The molecule has 12 rings (SSSR count). The minimum atomic E-state index is 1.20. The van der Waals surface area contributed by atoms with Crippen LogP contribution in [0.2, 0.25) is 0 Å². The van der Waals surface area contributed by atoms with Crippen LogP contribution in [-0.2, 0) is 0 Å². The van der Waals surface area contributed by atoms with Crippen LogP contribution >= 0.6 is 0 Å². The fourth-order valence-electron chi connectivity index (χ4n) is 10.3. The van der Waals surface area contributed by atoms with Crippen molar-refractivity contribution in [1.29, 1.82) is 0 Å². The lowest BCUT2D eigenvalue weighted by Gasteiger charge is -2.22. The molecule has 0 saturated heterocycles. The molecule has 0 radical (unpaired) electrons. The molecule has 0 unspecified atom stereocenters. The normalized spacial score (nSPS) is 13.3. The first-order chi connectivity index (χ1) is 30.8. The Morgan fingerprint density at radius 2 is 0.452 bits per heavy atom. The van der Waals surface area contributed by atoms with E-state index in [9.17, 15) is 0 Å². The molecule has 0 spiro atoms. The Morgan fingerprint density at radius 3 is 0.855 bits per heavy atom. The van der Waals surface area contributed by atoms with E-state index in [1.165, 1.54) is 122 Å². The van der Waals surface area contributed by atoms with E-state index in [-0.39, 0.29) is 0 Å². The van der Waals surface area contributed by atoms with E-state index in [1.807, 2.05) is 0 Å². The zero-order valence-corrected chi connectivity index (χ0v) is 34.1. The Kier molecular flexibility index (Phi) is 8.61. The van der Waals surface area contributed by atoms with Crippen molar-refractivity contribution in [3.05, 3.63) is 282 Å². The number of allylic oxidation sites excluding steroid dienone is 5. The fraction of sp³-hybridized carbons (Fsp3) is 0. The average Bonchev–Trinajstić information content (AvgIpc) is 3.86. The first kappa shape index (κ1) is 35.8. The van der Waals surface area contributed by atoms with Crippen molar-refractivity contribution in [2.24, 2.45) is 0 Å². The molecule has 0 heterocycles. The maximum absolute atomic E-state index is 2.51. The number of fused-ring (bicyclic) bond motifs is 5. The third-order valence-corrected chi connectivity index (χ3v) is 12.8. The predicted octanol–water partition coefficient (Wildman–Crippen LogP) is 16.3. The molecule has 288 valence electrons. The van der Waals surface area contributed by atoms with E-state index >= 15 is 0 Å². The second kappa shape index (κ2) is 14.9. The molecule has 0 aliphatic heterocycles. The lowest BCUT2D eigenvalue weighted by atomic mass is 9.80. The second-order valence-corrected chi connectivity index (χ2v) is 16.2. The molecule has 10 aromatic rings. The molecule has 0 aromatic heterocycles. The van der Waals surface area contributed by atoms with Gasteiger partial charge in [0.15, 0.2) is 0 Å². The molecule has 2 aliphatic rings. The van der Waals surface area contributed by atoms with Gasteiger partial charge >= 0.3 is 0 Å². The summed E-state index contributed by atoms with van der Waals surface area (Å²) in [6, 6.07) is 89.3. The van der Waals surface area contributed by atoms with Crippen molar-refractivity contribution < 1.29 is 0 Å². The summed E-state index contributed by atoms with van der Waals surface area (Å²) in [5.41, 5.74) is 22.4. The Morgan fingerprint density at radius 1 is 0.161 bits per heavy atom. The summed E-state index contributed by atoms with van der Waals surface area (Å²) in [4.78, 5) is 0. The first-order valence-corrected chi connectivity index (χ1v) is 21.5. The monoisotopic (exact) mass is 784 g/mol. The lowest BCUT2D eigenvalue weighted by Crippen LogP contribution is -1.99. The van der Waals surface area contributed by atoms with Crippen LogP contribution in [0.5, 0.6) is 0 Å². The van der Waals surface area contributed by atoms with Crippen LogP contribution in [0.15, 0.2) is 248 Å². The summed E-state index contributed by atoms with van der Waals surface area (Å²) < 4.78 is 0. The minimum Gasteiger partial charge on any atom is -0.0622 e. The highest BCUT2D eigenvalue weighted by atomic mass is 14.4. The van der Waals surface area contributed by atoms with Gasteiger partial charge in [0.25, 0.3) is 0 Å². The van der Waals surface area contributed by atoms with Gasteiger partial charge in [-0.05, 0) is 134 Å². The molecule has 0 N–H and O–H groups in total. The smallest absolute Gasteiger partial charge is 0.000115 e. The Labute approximate surface area is 362 Å². The van der Waals surface area contributed by atoms with Gasteiger partial charge in [0.05, 0.1) is 0 Å². The Hall–Kier alpha value is -8.06. The van der Waals surface area contributed by atoms with Crippen LogP contribution < -0.4 is 0 Å². The highest BCUT2D eigenvalue weighted by Gasteiger charge is 2.41. The van der Waals surface area contributed by atoms with Gasteiger partial charge < -0.3 is 0 Å². The van der Waals surface area contributed by atoms with Crippen molar-refractivity contribution in [3.63, 3.8) is 0 Å². The van der Waals surface area contributed by atoms with Gasteiger partial charge in [0.2, 0.25) is 0 Å². The number of hydrogen-bond donors (Lipinski definition) is 0. The van der Waals surface area contributed by atoms with Crippen molar-refractivity contribution in [2.75, 3.05) is 0 Å². The number of benzene rings is 10. The van der Waals surface area contributed by atoms with E-state index in [0.717, 1.165) is 0 Å². The van der Waals surface area contributed by atoms with E-state index in [4.69, 9.17) is 0 Å². The van der Waals surface area contributed by atoms with Crippen molar-refractivity contribution in [2.45, 2.75) is 0 Å². The van der Waals surface area contributed by atoms with Gasteiger partial charge in [-0.1, -0.05) is 231 Å². The topological polar surface area (TPSA) is 0 Å². The van der Waals surface area contributed by atoms with Crippen LogP contribution in [0.1, 0.15) is 33.4 Å². The maximum Gasteiger partial charge on any atom is -0.000115 e. The van der Waals surface area contributed by atoms with E-state index in [1.54, 1.807) is 0 Å². The molecule has 0 nitrogen and oxygen atoms in total. The van der Waals surface area contributed by atoms with Gasteiger partial charge in [-0.3, -0.25) is 0 Å². The summed E-state index contributed by atoms with van der Waals surface area (Å²) in [5.74, 6) is 0. The predicted molar refractivity (Wildman–Crippen MR) is 263 cm³/mol. The summed E-state index contributed by atoms with van der Waals surface area (Å²) in [5, 5.41) is 4.98. The van der Waals surface area contributed by atoms with E-state index < -0.39 is 0 Å². The third-order valence-electron chi connectivity index (χ3n) is 12.8. The molecular weight excluding hydrogens is 745 g/mol. The van der Waals surface area contributed by atoms with Crippen molar-refractivity contribution in [3.8, 4) is 33.4 Å². The van der Waals surface area contributed by atoms with Gasteiger partial charge in [-0.15, -0.1) is 0 Å². The molecule has 0 amide bonds. The largest absolute Gasteiger partial charge is 0.0622 e. The van der Waals surface area contributed by atoms with Gasteiger partial charge in [0, 0.05) is 0 Å². The average molecular weight is 785 g/mol. The number of rotatable bonds is 7. The SMILES string of the molecule is c1ccc(C2=C(c3ccccc3)C(c3c4ccccc4c(-c4ccccc4)c4ccccc34)=C3C2=C(c2ccccc2)c2cc(-c4ccccc4)c(-c4ccccc4)cc23)cc1. The summed E-state index contributed by atoms with van der Waals surface area (Å²) in [6.45, 7) is 0. The second-order valence-electron chi connectivity index (χ2n) is 16.2. The zero-order valence-electron chi connectivity index (χ0n) is 34.1.